The van der Waals surface area contributed by atoms with Crippen molar-refractivity contribution in [3.8, 4) is 0 Å². The largest absolute Gasteiger partial charge is 0.416 e. The molecule has 0 unspecified atom stereocenters. The number of carbonyl (C=O) groups is 1. The summed E-state index contributed by atoms with van der Waals surface area (Å²) in [6, 6.07) is 10.4. The van der Waals surface area contributed by atoms with E-state index in [9.17, 15) is 18.0 Å². The highest BCUT2D eigenvalue weighted by molar-refractivity contribution is 6.10. The quantitative estimate of drug-likeness (QED) is 0.394. The predicted molar refractivity (Wildman–Crippen MR) is 144 cm³/mol. The van der Waals surface area contributed by atoms with Crippen LogP contribution in [0.25, 0.3) is 0 Å². The van der Waals surface area contributed by atoms with Gasteiger partial charge in [0.15, 0.2) is 0 Å². The molecule has 1 saturated heterocycles. The molecule has 0 bridgehead atoms. The Morgan fingerprint density at radius 1 is 1.23 bits per heavy atom. The third-order valence-electron chi connectivity index (χ3n) is 8.82. The summed E-state index contributed by atoms with van der Waals surface area (Å²) in [5, 5.41) is 11.8. The second kappa shape index (κ2) is 10.3. The average Bonchev–Trinajstić information content (AvgIpc) is 3.65. The second-order valence-electron chi connectivity index (χ2n) is 11.7. The zero-order valence-electron chi connectivity index (χ0n) is 22.8. The molecule has 1 N–H and O–H groups in total. The summed E-state index contributed by atoms with van der Waals surface area (Å²) < 4.78 is 50.1. The van der Waals surface area contributed by atoms with Crippen LogP contribution >= 0.6 is 0 Å². The topological polar surface area (TPSA) is 72.3 Å². The summed E-state index contributed by atoms with van der Waals surface area (Å²) in [6.45, 7) is 3.67. The first-order valence-corrected chi connectivity index (χ1v) is 13.9. The summed E-state index contributed by atoms with van der Waals surface area (Å²) in [5.74, 6) is 0.674. The van der Waals surface area contributed by atoms with Gasteiger partial charge in [0.2, 0.25) is 0 Å². The van der Waals surface area contributed by atoms with E-state index < -0.39 is 17.6 Å². The molecule has 3 aliphatic rings. The molecule has 2 fully saturated rings. The fraction of sp³-hybridized carbons (Fsp3) is 0.500. The Balaban J connectivity index is 1.31. The lowest BCUT2D eigenvalue weighted by molar-refractivity contribution is -0.138. The molecule has 3 heterocycles. The molecule has 1 aromatic heterocycles. The Kier molecular flexibility index (Phi) is 6.94. The van der Waals surface area contributed by atoms with Gasteiger partial charge in [-0.15, -0.1) is 10.2 Å². The van der Waals surface area contributed by atoms with Crippen LogP contribution in [-0.2, 0) is 31.1 Å². The molecular formula is C30H34F3N5O2. The maximum absolute atomic E-state index is 14.2. The number of benzene rings is 2. The Bertz CT molecular complexity index is 1410. The minimum absolute atomic E-state index is 0.0365. The monoisotopic (exact) mass is 553 g/mol. The number of nitrogens with one attached hydrogen (secondary N) is 1. The number of carbonyl (C=O) groups excluding carboxylic acids is 1. The van der Waals surface area contributed by atoms with Crippen molar-refractivity contribution < 1.29 is 22.7 Å². The summed E-state index contributed by atoms with van der Waals surface area (Å²) in [6.07, 6.45) is 1.97. The number of nitrogens with zero attached hydrogens (tertiary/aromatic N) is 4. The number of hydrogen-bond donors (Lipinski definition) is 1. The zero-order chi connectivity index (χ0) is 28.1. The van der Waals surface area contributed by atoms with Gasteiger partial charge in [0.25, 0.3) is 5.91 Å². The van der Waals surface area contributed by atoms with Crippen LogP contribution in [0.4, 0.5) is 18.9 Å². The number of ether oxygens (including phenoxy) is 1. The Morgan fingerprint density at radius 2 is 2.05 bits per heavy atom. The SMILES string of the molecule is Cn1cnnc1[C@@H](C[C@@H]1CCOC1)c1cccc(N2Cc3c(cc(CNC4(C)CCC4)cc3C(F)(F)F)C2=O)c1. The van der Waals surface area contributed by atoms with Gasteiger partial charge >= 0.3 is 6.18 Å². The van der Waals surface area contributed by atoms with Gasteiger partial charge in [0.05, 0.1) is 12.1 Å². The molecule has 3 aromatic rings. The molecule has 6 rings (SSSR count). The number of fused-ring (bicyclic) bond motifs is 1. The van der Waals surface area contributed by atoms with Crippen LogP contribution < -0.4 is 10.2 Å². The number of anilines is 1. The maximum atomic E-state index is 14.2. The van der Waals surface area contributed by atoms with E-state index in [0.29, 0.717) is 30.3 Å². The van der Waals surface area contributed by atoms with Gasteiger partial charge < -0.3 is 19.5 Å². The molecule has 2 aromatic carbocycles. The van der Waals surface area contributed by atoms with E-state index in [1.165, 1.54) is 11.0 Å². The van der Waals surface area contributed by atoms with Crippen LogP contribution in [0, 0.1) is 5.92 Å². The third-order valence-corrected chi connectivity index (χ3v) is 8.82. The Morgan fingerprint density at radius 3 is 2.70 bits per heavy atom. The van der Waals surface area contributed by atoms with Crippen LogP contribution in [0.1, 0.15) is 83.4 Å². The number of amides is 1. The number of halogens is 3. The number of hydrogen-bond acceptors (Lipinski definition) is 5. The van der Waals surface area contributed by atoms with Gasteiger partial charge in [-0.3, -0.25) is 4.79 Å². The van der Waals surface area contributed by atoms with E-state index in [1.54, 1.807) is 18.5 Å². The van der Waals surface area contributed by atoms with Crippen LogP contribution in [0.15, 0.2) is 42.7 Å². The molecule has 2 atom stereocenters. The normalized spacial score (nSPS) is 21.0. The standard InChI is InChI=1S/C30H34F3N5O2/c1-29(8-4-9-29)34-15-20-12-24-25(26(13-20)30(31,32)33)16-38(28(24)39)22-6-3-5-21(14-22)23(11-19-7-10-40-17-19)27-36-35-18-37(27)2/h3,5-6,12-14,18-19,23,34H,4,7-11,15-17H2,1-2H3/t19-,23-/m0/s1. The van der Waals surface area contributed by atoms with Crippen LogP contribution in [0.2, 0.25) is 0 Å². The van der Waals surface area contributed by atoms with E-state index in [0.717, 1.165) is 50.1 Å². The van der Waals surface area contributed by atoms with Crippen LogP contribution in [-0.4, -0.2) is 39.4 Å². The number of alkyl halides is 3. The van der Waals surface area contributed by atoms with Crippen molar-refractivity contribution in [3.63, 3.8) is 0 Å². The first-order valence-electron chi connectivity index (χ1n) is 13.9. The maximum Gasteiger partial charge on any atom is 0.416 e. The van der Waals surface area contributed by atoms with Gasteiger partial charge in [0, 0.05) is 49.5 Å². The minimum atomic E-state index is -4.56. The van der Waals surface area contributed by atoms with E-state index in [1.807, 2.05) is 29.8 Å². The predicted octanol–water partition coefficient (Wildman–Crippen LogP) is 5.59. The molecular weight excluding hydrogens is 519 g/mol. The minimum Gasteiger partial charge on any atom is -0.381 e. The van der Waals surface area contributed by atoms with E-state index in [2.05, 4.69) is 22.4 Å². The third kappa shape index (κ3) is 5.14. The summed E-state index contributed by atoms with van der Waals surface area (Å²) in [7, 11) is 1.90. The van der Waals surface area contributed by atoms with Crippen LogP contribution in [0.3, 0.4) is 0 Å². The van der Waals surface area contributed by atoms with Crippen molar-refractivity contribution in [2.75, 3.05) is 18.1 Å². The lowest BCUT2D eigenvalue weighted by Crippen LogP contribution is -2.47. The van der Waals surface area contributed by atoms with Gasteiger partial charge in [-0.05, 0) is 85.9 Å². The molecule has 0 spiro atoms. The summed E-state index contributed by atoms with van der Waals surface area (Å²) >= 11 is 0. The molecule has 212 valence electrons. The molecule has 0 radical (unpaired) electrons. The number of aromatic nitrogens is 3. The highest BCUT2D eigenvalue weighted by atomic mass is 19.4. The van der Waals surface area contributed by atoms with Crippen molar-refractivity contribution in [2.24, 2.45) is 13.0 Å². The highest BCUT2D eigenvalue weighted by Gasteiger charge is 2.41. The highest BCUT2D eigenvalue weighted by Crippen LogP contribution is 2.41. The van der Waals surface area contributed by atoms with E-state index in [4.69, 9.17) is 4.74 Å². The van der Waals surface area contributed by atoms with Crippen LogP contribution in [0.5, 0.6) is 0 Å². The second-order valence-corrected chi connectivity index (χ2v) is 11.7. The lowest BCUT2D eigenvalue weighted by atomic mass is 9.78. The Labute approximate surface area is 231 Å². The first kappa shape index (κ1) is 27.0. The van der Waals surface area contributed by atoms with Gasteiger partial charge in [-0.2, -0.15) is 13.2 Å². The molecule has 10 heteroatoms. The molecule has 1 saturated carbocycles. The zero-order valence-corrected chi connectivity index (χ0v) is 22.8. The molecule has 1 aliphatic carbocycles. The lowest BCUT2D eigenvalue weighted by Gasteiger charge is -2.39. The van der Waals surface area contributed by atoms with Gasteiger partial charge in [-0.1, -0.05) is 12.1 Å². The summed E-state index contributed by atoms with van der Waals surface area (Å²) in [4.78, 5) is 15.1. The average molecular weight is 554 g/mol. The summed E-state index contributed by atoms with van der Waals surface area (Å²) in [5.41, 5.74) is 1.37. The number of aryl methyl sites for hydroxylation is 1. The molecule has 7 nitrogen and oxygen atoms in total. The first-order chi connectivity index (χ1) is 19.1. The molecule has 40 heavy (non-hydrogen) atoms. The van der Waals surface area contributed by atoms with Gasteiger partial charge in [-0.25, -0.2) is 0 Å². The molecule has 2 aliphatic heterocycles. The van der Waals surface area contributed by atoms with Crippen molar-refractivity contribution >= 4 is 11.6 Å². The molecule has 1 amide bonds. The van der Waals surface area contributed by atoms with E-state index >= 15 is 0 Å². The van der Waals surface area contributed by atoms with Crippen molar-refractivity contribution in [1.82, 2.24) is 20.1 Å². The number of rotatable bonds is 8. The Hall–Kier alpha value is -3.24. The van der Waals surface area contributed by atoms with Crippen molar-refractivity contribution in [2.45, 2.75) is 69.8 Å². The fourth-order valence-electron chi connectivity index (χ4n) is 6.24. The van der Waals surface area contributed by atoms with Crippen molar-refractivity contribution in [1.29, 1.82) is 0 Å². The smallest absolute Gasteiger partial charge is 0.381 e. The van der Waals surface area contributed by atoms with Gasteiger partial charge in [0.1, 0.15) is 12.2 Å². The van der Waals surface area contributed by atoms with Crippen molar-refractivity contribution in [3.05, 3.63) is 76.4 Å². The fourth-order valence-corrected chi connectivity index (χ4v) is 6.24. The van der Waals surface area contributed by atoms with E-state index in [-0.39, 0.29) is 29.1 Å².